The van der Waals surface area contributed by atoms with Gasteiger partial charge in [0.1, 0.15) is 11.8 Å². The number of benzodiazepines with no additional fused rings is 1. The number of halogens is 1. The van der Waals surface area contributed by atoms with Crippen molar-refractivity contribution in [2.75, 3.05) is 11.4 Å². The van der Waals surface area contributed by atoms with Crippen LogP contribution in [0.2, 0.25) is 5.02 Å². The van der Waals surface area contributed by atoms with E-state index in [1.165, 1.54) is 12.8 Å². The highest BCUT2D eigenvalue weighted by Gasteiger charge is 2.36. The highest BCUT2D eigenvalue weighted by atomic mass is 35.5. The number of nitrogens with zero attached hydrogens (tertiary/aromatic N) is 2. The normalized spacial score (nSPS) is 19.7. The zero-order valence-electron chi connectivity index (χ0n) is 15.5. The van der Waals surface area contributed by atoms with E-state index in [9.17, 15) is 9.90 Å². The maximum absolute atomic E-state index is 13.4. The standard InChI is InChI=1S/C22H23ClN2O2/c1-13(2)20-22(27)25(12-14-3-4-14)19-10-7-16(23)11-18(19)21(24-20)15-5-8-17(26)9-6-15/h5-11,13-14,20,26H,3-4,12H2,1-2H3. The number of hydrogen-bond acceptors (Lipinski definition) is 3. The van der Waals surface area contributed by atoms with Gasteiger partial charge in [0, 0.05) is 22.7 Å². The highest BCUT2D eigenvalue weighted by molar-refractivity contribution is 6.32. The van der Waals surface area contributed by atoms with Crippen LogP contribution in [-0.4, -0.2) is 29.3 Å². The fraction of sp³-hybridized carbons (Fsp3) is 0.364. The minimum Gasteiger partial charge on any atom is -0.508 e. The number of phenols is 1. The second kappa shape index (κ2) is 7.01. The van der Waals surface area contributed by atoms with E-state index in [1.54, 1.807) is 12.1 Å². The molecule has 1 aliphatic carbocycles. The molecule has 2 aromatic rings. The third kappa shape index (κ3) is 3.59. The fourth-order valence-electron chi connectivity index (χ4n) is 3.51. The van der Waals surface area contributed by atoms with E-state index in [0.717, 1.165) is 29.1 Å². The van der Waals surface area contributed by atoms with E-state index in [-0.39, 0.29) is 17.6 Å². The summed E-state index contributed by atoms with van der Waals surface area (Å²) >= 11 is 6.31. The predicted molar refractivity (Wildman–Crippen MR) is 109 cm³/mol. The van der Waals surface area contributed by atoms with E-state index in [4.69, 9.17) is 16.6 Å². The molecule has 0 spiro atoms. The lowest BCUT2D eigenvalue weighted by Gasteiger charge is -2.26. The van der Waals surface area contributed by atoms with Gasteiger partial charge in [-0.3, -0.25) is 9.79 Å². The van der Waals surface area contributed by atoms with E-state index >= 15 is 0 Å². The molecule has 5 heteroatoms. The number of rotatable bonds is 4. The van der Waals surface area contributed by atoms with Gasteiger partial charge in [0.25, 0.3) is 5.91 Å². The molecule has 0 aromatic heterocycles. The summed E-state index contributed by atoms with van der Waals surface area (Å²) in [5, 5.41) is 10.3. The summed E-state index contributed by atoms with van der Waals surface area (Å²) in [6.45, 7) is 4.78. The number of benzene rings is 2. The van der Waals surface area contributed by atoms with Gasteiger partial charge in [-0.05, 0) is 67.1 Å². The van der Waals surface area contributed by atoms with Crippen molar-refractivity contribution >= 4 is 28.9 Å². The molecule has 1 heterocycles. The van der Waals surface area contributed by atoms with Crippen LogP contribution in [0.3, 0.4) is 0 Å². The molecule has 4 nitrogen and oxygen atoms in total. The Bertz CT molecular complexity index is 901. The number of amides is 1. The van der Waals surface area contributed by atoms with Crippen molar-refractivity contribution in [3.8, 4) is 5.75 Å². The van der Waals surface area contributed by atoms with Gasteiger partial charge in [-0.25, -0.2) is 0 Å². The second-order valence-corrected chi connectivity index (χ2v) is 8.20. The summed E-state index contributed by atoms with van der Waals surface area (Å²) in [7, 11) is 0. The van der Waals surface area contributed by atoms with Gasteiger partial charge in [0.2, 0.25) is 0 Å². The van der Waals surface area contributed by atoms with Gasteiger partial charge in [-0.15, -0.1) is 0 Å². The van der Waals surface area contributed by atoms with E-state index in [2.05, 4.69) is 0 Å². The van der Waals surface area contributed by atoms with Crippen molar-refractivity contribution in [3.05, 3.63) is 58.6 Å². The quantitative estimate of drug-likeness (QED) is 0.835. The molecule has 2 aliphatic rings. The summed E-state index contributed by atoms with van der Waals surface area (Å²) in [6, 6.07) is 12.1. The van der Waals surface area contributed by atoms with Crippen LogP contribution in [0.4, 0.5) is 5.69 Å². The Hall–Kier alpha value is -2.33. The number of anilines is 1. The minimum absolute atomic E-state index is 0.0502. The Balaban J connectivity index is 1.91. The first-order chi connectivity index (χ1) is 12.9. The zero-order chi connectivity index (χ0) is 19.1. The Morgan fingerprint density at radius 3 is 2.52 bits per heavy atom. The lowest BCUT2D eigenvalue weighted by molar-refractivity contribution is -0.120. The highest BCUT2D eigenvalue weighted by Crippen LogP contribution is 2.37. The van der Waals surface area contributed by atoms with Gasteiger partial charge in [0.15, 0.2) is 0 Å². The SMILES string of the molecule is CC(C)C1N=C(c2ccc(O)cc2)c2cc(Cl)ccc2N(CC2CC2)C1=O. The molecular weight excluding hydrogens is 360 g/mol. The molecule has 27 heavy (non-hydrogen) atoms. The molecule has 1 N–H and O–H groups in total. The van der Waals surface area contributed by atoms with Crippen molar-refractivity contribution in [1.82, 2.24) is 0 Å². The fourth-order valence-corrected chi connectivity index (χ4v) is 3.68. The lowest BCUT2D eigenvalue weighted by atomic mass is 9.99. The first-order valence-corrected chi connectivity index (χ1v) is 9.80. The molecule has 1 unspecified atom stereocenters. The van der Waals surface area contributed by atoms with Gasteiger partial charge in [-0.2, -0.15) is 0 Å². The van der Waals surface area contributed by atoms with Crippen LogP contribution < -0.4 is 4.90 Å². The van der Waals surface area contributed by atoms with Crippen LogP contribution in [0.25, 0.3) is 0 Å². The molecule has 2 aromatic carbocycles. The molecular formula is C22H23ClN2O2. The van der Waals surface area contributed by atoms with Crippen LogP contribution in [0, 0.1) is 11.8 Å². The van der Waals surface area contributed by atoms with E-state index in [1.807, 2.05) is 49.1 Å². The first-order valence-electron chi connectivity index (χ1n) is 9.42. The topological polar surface area (TPSA) is 52.9 Å². The molecule has 1 atom stereocenters. The average Bonchev–Trinajstić information content (AvgIpc) is 3.46. The van der Waals surface area contributed by atoms with Gasteiger partial charge < -0.3 is 10.0 Å². The number of fused-ring (bicyclic) bond motifs is 1. The van der Waals surface area contributed by atoms with Crippen molar-refractivity contribution in [2.45, 2.75) is 32.7 Å². The average molecular weight is 383 g/mol. The van der Waals surface area contributed by atoms with Gasteiger partial charge in [-0.1, -0.05) is 25.4 Å². The van der Waals surface area contributed by atoms with E-state index < -0.39 is 6.04 Å². The Kier molecular flexibility index (Phi) is 4.68. The van der Waals surface area contributed by atoms with Crippen molar-refractivity contribution in [3.63, 3.8) is 0 Å². The number of hydrogen-bond donors (Lipinski definition) is 1. The van der Waals surface area contributed by atoms with Crippen LogP contribution in [0.15, 0.2) is 47.5 Å². The first kappa shape index (κ1) is 18.1. The summed E-state index contributed by atoms with van der Waals surface area (Å²) in [5.41, 5.74) is 3.34. The summed E-state index contributed by atoms with van der Waals surface area (Å²) < 4.78 is 0. The Morgan fingerprint density at radius 1 is 1.19 bits per heavy atom. The maximum atomic E-state index is 13.4. The molecule has 1 aliphatic heterocycles. The molecule has 4 rings (SSSR count). The zero-order valence-corrected chi connectivity index (χ0v) is 16.3. The summed E-state index contributed by atoms with van der Waals surface area (Å²) in [4.78, 5) is 20.2. The molecule has 1 saturated carbocycles. The number of carbonyl (C=O) groups excluding carboxylic acids is 1. The Morgan fingerprint density at radius 2 is 1.89 bits per heavy atom. The molecule has 140 valence electrons. The van der Waals surface area contributed by atoms with Crippen LogP contribution in [0.5, 0.6) is 5.75 Å². The monoisotopic (exact) mass is 382 g/mol. The van der Waals surface area contributed by atoms with Crippen molar-refractivity contribution in [1.29, 1.82) is 0 Å². The van der Waals surface area contributed by atoms with E-state index in [0.29, 0.717) is 10.9 Å². The summed E-state index contributed by atoms with van der Waals surface area (Å²) in [6.07, 6.45) is 2.34. The Labute approximate surface area is 164 Å². The van der Waals surface area contributed by atoms with Crippen LogP contribution in [-0.2, 0) is 4.79 Å². The largest absolute Gasteiger partial charge is 0.508 e. The van der Waals surface area contributed by atoms with Gasteiger partial charge in [0.05, 0.1) is 11.4 Å². The number of aromatic hydroxyl groups is 1. The molecule has 0 saturated heterocycles. The lowest BCUT2D eigenvalue weighted by Crippen LogP contribution is -2.41. The summed E-state index contributed by atoms with van der Waals surface area (Å²) in [5.74, 6) is 0.900. The minimum atomic E-state index is -0.446. The number of aliphatic imine (C=N–C) groups is 1. The van der Waals surface area contributed by atoms with Crippen molar-refractivity contribution < 1.29 is 9.90 Å². The molecule has 1 amide bonds. The smallest absolute Gasteiger partial charge is 0.252 e. The van der Waals surface area contributed by atoms with Crippen LogP contribution >= 0.6 is 11.6 Å². The maximum Gasteiger partial charge on any atom is 0.252 e. The predicted octanol–water partition coefficient (Wildman–Crippen LogP) is 4.66. The number of carbonyl (C=O) groups is 1. The molecule has 1 fully saturated rings. The third-order valence-corrected chi connectivity index (χ3v) is 5.44. The number of phenolic OH excluding ortho intramolecular Hbond substituents is 1. The molecule has 0 bridgehead atoms. The second-order valence-electron chi connectivity index (χ2n) is 7.77. The molecule has 0 radical (unpaired) electrons. The van der Waals surface area contributed by atoms with Crippen LogP contribution in [0.1, 0.15) is 37.8 Å². The third-order valence-electron chi connectivity index (χ3n) is 5.20. The van der Waals surface area contributed by atoms with Crippen molar-refractivity contribution in [2.24, 2.45) is 16.8 Å². The van der Waals surface area contributed by atoms with Gasteiger partial charge >= 0.3 is 0 Å².